The summed E-state index contributed by atoms with van der Waals surface area (Å²) in [6.45, 7) is 2.52. The zero-order valence-corrected chi connectivity index (χ0v) is 14.6. The largest absolute Gasteiger partial charge is 0.484 e. The first-order valence-electron chi connectivity index (χ1n) is 8.80. The van der Waals surface area contributed by atoms with Crippen LogP contribution in [0.25, 0.3) is 0 Å². The van der Waals surface area contributed by atoms with Crippen molar-refractivity contribution in [3.05, 3.63) is 53.7 Å². The number of nitriles is 1. The zero-order chi connectivity index (χ0) is 18.2. The van der Waals surface area contributed by atoms with Crippen molar-refractivity contribution >= 4 is 11.7 Å². The van der Waals surface area contributed by atoms with Crippen LogP contribution in [-0.4, -0.2) is 30.6 Å². The highest BCUT2D eigenvalue weighted by molar-refractivity contribution is 5.77. The van der Waals surface area contributed by atoms with Gasteiger partial charge in [0.1, 0.15) is 11.6 Å². The lowest BCUT2D eigenvalue weighted by atomic mass is 10.2. The van der Waals surface area contributed by atoms with Crippen LogP contribution in [0.4, 0.5) is 5.82 Å². The van der Waals surface area contributed by atoms with Crippen molar-refractivity contribution in [2.75, 3.05) is 24.6 Å². The van der Waals surface area contributed by atoms with Gasteiger partial charge in [-0.25, -0.2) is 4.98 Å². The third-order valence-corrected chi connectivity index (χ3v) is 4.31. The molecular weight excluding hydrogens is 328 g/mol. The molecular formula is C20H22N4O2. The number of pyridine rings is 1. The fraction of sp³-hybridized carbons (Fsp3) is 0.350. The molecule has 2 aromatic rings. The Balaban J connectivity index is 1.41. The van der Waals surface area contributed by atoms with E-state index in [9.17, 15) is 4.79 Å². The molecule has 1 aromatic carbocycles. The molecule has 1 aliphatic rings. The Morgan fingerprint density at radius 2 is 1.88 bits per heavy atom. The number of carbonyl (C=O) groups is 1. The van der Waals surface area contributed by atoms with Gasteiger partial charge in [0.2, 0.25) is 0 Å². The fourth-order valence-corrected chi connectivity index (χ4v) is 2.85. The van der Waals surface area contributed by atoms with Crippen molar-refractivity contribution in [3.63, 3.8) is 0 Å². The third kappa shape index (κ3) is 4.96. The van der Waals surface area contributed by atoms with E-state index >= 15 is 0 Å². The highest BCUT2D eigenvalue weighted by Gasteiger charge is 2.13. The Hall–Kier alpha value is -3.07. The number of hydrogen-bond acceptors (Lipinski definition) is 5. The monoisotopic (exact) mass is 350 g/mol. The molecule has 0 unspecified atom stereocenters. The van der Waals surface area contributed by atoms with E-state index in [1.807, 2.05) is 30.5 Å². The Morgan fingerprint density at radius 3 is 2.54 bits per heavy atom. The molecule has 6 nitrogen and oxygen atoms in total. The van der Waals surface area contributed by atoms with Gasteiger partial charge < -0.3 is 15.0 Å². The smallest absolute Gasteiger partial charge is 0.258 e. The topological polar surface area (TPSA) is 78.2 Å². The molecule has 0 bridgehead atoms. The lowest BCUT2D eigenvalue weighted by Gasteiger charge is -2.16. The molecule has 1 amide bonds. The number of aromatic nitrogens is 1. The molecule has 1 N–H and O–H groups in total. The van der Waals surface area contributed by atoms with Crippen LogP contribution in [0, 0.1) is 11.3 Å². The van der Waals surface area contributed by atoms with Crippen LogP contribution in [0.3, 0.4) is 0 Å². The van der Waals surface area contributed by atoms with Gasteiger partial charge >= 0.3 is 0 Å². The predicted octanol–water partition coefficient (Wildman–Crippen LogP) is 2.44. The number of amides is 1. The van der Waals surface area contributed by atoms with Crippen molar-refractivity contribution in [3.8, 4) is 11.8 Å². The summed E-state index contributed by atoms with van der Waals surface area (Å²) in [6.07, 6.45) is 4.62. The third-order valence-electron chi connectivity index (χ3n) is 4.31. The Bertz CT molecular complexity index is 760. The summed E-state index contributed by atoms with van der Waals surface area (Å²) in [7, 11) is 0. The fourth-order valence-electron chi connectivity index (χ4n) is 2.85. The molecule has 134 valence electrons. The first-order chi connectivity index (χ1) is 12.7. The summed E-state index contributed by atoms with van der Waals surface area (Å²) < 4.78 is 5.46. The van der Waals surface area contributed by atoms with Crippen LogP contribution >= 0.6 is 0 Å². The number of anilines is 1. The van der Waals surface area contributed by atoms with Crippen LogP contribution in [0.5, 0.6) is 5.75 Å². The summed E-state index contributed by atoms with van der Waals surface area (Å²) in [5, 5.41) is 11.5. The van der Waals surface area contributed by atoms with Crippen LogP contribution in [0.1, 0.15) is 24.0 Å². The predicted molar refractivity (Wildman–Crippen MR) is 98.8 cm³/mol. The lowest BCUT2D eigenvalue weighted by Crippen LogP contribution is -2.28. The van der Waals surface area contributed by atoms with Gasteiger partial charge in [-0.2, -0.15) is 5.26 Å². The second kappa shape index (κ2) is 8.86. The van der Waals surface area contributed by atoms with E-state index in [0.717, 1.165) is 30.0 Å². The molecule has 1 saturated heterocycles. The highest BCUT2D eigenvalue weighted by Crippen LogP contribution is 2.17. The molecule has 1 aliphatic heterocycles. The number of carbonyl (C=O) groups excluding carboxylic acids is 1. The summed E-state index contributed by atoms with van der Waals surface area (Å²) in [6, 6.07) is 13.3. The van der Waals surface area contributed by atoms with E-state index in [-0.39, 0.29) is 12.5 Å². The second-order valence-corrected chi connectivity index (χ2v) is 6.26. The van der Waals surface area contributed by atoms with E-state index in [0.29, 0.717) is 18.7 Å². The highest BCUT2D eigenvalue weighted by atomic mass is 16.5. The van der Waals surface area contributed by atoms with Crippen molar-refractivity contribution in [1.82, 2.24) is 10.3 Å². The number of benzene rings is 1. The Kier molecular flexibility index (Phi) is 6.05. The van der Waals surface area contributed by atoms with E-state index in [2.05, 4.69) is 21.3 Å². The van der Waals surface area contributed by atoms with Gasteiger partial charge in [0.25, 0.3) is 5.91 Å². The molecule has 2 heterocycles. The number of nitrogens with zero attached hydrogens (tertiary/aromatic N) is 3. The molecule has 0 spiro atoms. The van der Waals surface area contributed by atoms with Gasteiger partial charge in [-0.05, 0) is 42.2 Å². The number of rotatable bonds is 7. The van der Waals surface area contributed by atoms with Gasteiger partial charge in [-0.3, -0.25) is 4.79 Å². The second-order valence-electron chi connectivity index (χ2n) is 6.26. The number of ether oxygens (including phenoxy) is 1. The maximum absolute atomic E-state index is 11.9. The van der Waals surface area contributed by atoms with E-state index in [4.69, 9.17) is 10.00 Å². The molecule has 3 rings (SSSR count). The SMILES string of the molecule is N#CCc1ccc(OCC(=O)NCc2ccc(N3CCCC3)nc2)cc1. The Morgan fingerprint density at radius 1 is 1.15 bits per heavy atom. The van der Waals surface area contributed by atoms with Crippen molar-refractivity contribution in [2.45, 2.75) is 25.8 Å². The first kappa shape index (κ1) is 17.7. The van der Waals surface area contributed by atoms with Crippen molar-refractivity contribution in [1.29, 1.82) is 5.26 Å². The molecule has 0 atom stereocenters. The van der Waals surface area contributed by atoms with Crippen LogP contribution < -0.4 is 15.0 Å². The molecule has 0 radical (unpaired) electrons. The minimum Gasteiger partial charge on any atom is -0.484 e. The number of nitrogens with one attached hydrogen (secondary N) is 1. The molecule has 0 aliphatic carbocycles. The minimum absolute atomic E-state index is 0.0448. The van der Waals surface area contributed by atoms with Gasteiger partial charge in [0.05, 0.1) is 12.5 Å². The molecule has 6 heteroatoms. The average molecular weight is 350 g/mol. The summed E-state index contributed by atoms with van der Waals surface area (Å²) in [4.78, 5) is 18.7. The van der Waals surface area contributed by atoms with Crippen LogP contribution in [-0.2, 0) is 17.8 Å². The summed E-state index contributed by atoms with van der Waals surface area (Å²) >= 11 is 0. The molecule has 1 fully saturated rings. The van der Waals surface area contributed by atoms with E-state index < -0.39 is 0 Å². The molecule has 26 heavy (non-hydrogen) atoms. The maximum atomic E-state index is 11.9. The quantitative estimate of drug-likeness (QED) is 0.830. The normalized spacial score (nSPS) is 13.3. The van der Waals surface area contributed by atoms with Gasteiger partial charge in [0, 0.05) is 25.8 Å². The lowest BCUT2D eigenvalue weighted by molar-refractivity contribution is -0.123. The van der Waals surface area contributed by atoms with Gasteiger partial charge in [-0.1, -0.05) is 18.2 Å². The maximum Gasteiger partial charge on any atom is 0.258 e. The van der Waals surface area contributed by atoms with Crippen molar-refractivity contribution in [2.24, 2.45) is 0 Å². The average Bonchev–Trinajstić information content (AvgIpc) is 3.21. The summed E-state index contributed by atoms with van der Waals surface area (Å²) in [5.74, 6) is 1.42. The minimum atomic E-state index is -0.185. The Labute approximate surface area is 153 Å². The van der Waals surface area contributed by atoms with Gasteiger partial charge in [0.15, 0.2) is 6.61 Å². The van der Waals surface area contributed by atoms with Crippen molar-refractivity contribution < 1.29 is 9.53 Å². The molecule has 0 saturated carbocycles. The van der Waals surface area contributed by atoms with Gasteiger partial charge in [-0.15, -0.1) is 0 Å². The standard InChI is InChI=1S/C20H22N4O2/c21-10-9-16-3-6-18(7-4-16)26-15-20(25)23-14-17-5-8-19(22-13-17)24-11-1-2-12-24/h3-8,13H,1-2,9,11-12,14-15H2,(H,23,25). The first-order valence-corrected chi connectivity index (χ1v) is 8.80. The summed E-state index contributed by atoms with van der Waals surface area (Å²) in [5.41, 5.74) is 1.89. The number of hydrogen-bond donors (Lipinski definition) is 1. The van der Waals surface area contributed by atoms with Crippen LogP contribution in [0.15, 0.2) is 42.6 Å². The van der Waals surface area contributed by atoms with E-state index in [1.165, 1.54) is 12.8 Å². The van der Waals surface area contributed by atoms with Crippen LogP contribution in [0.2, 0.25) is 0 Å². The molecule has 1 aromatic heterocycles. The zero-order valence-electron chi connectivity index (χ0n) is 14.6. The van der Waals surface area contributed by atoms with E-state index in [1.54, 1.807) is 12.1 Å².